The summed E-state index contributed by atoms with van der Waals surface area (Å²) in [4.78, 5) is 12.5. The van der Waals surface area contributed by atoms with E-state index >= 15 is 0 Å². The molecule has 2 heteroatoms. The first-order valence-electron chi connectivity index (χ1n) is 7.73. The van der Waals surface area contributed by atoms with Crippen molar-refractivity contribution in [3.05, 3.63) is 82.3 Å². The van der Waals surface area contributed by atoms with Gasteiger partial charge in [-0.1, -0.05) is 70.5 Å². The molecule has 1 aliphatic carbocycles. The molecule has 0 fully saturated rings. The number of carbonyl (C=O) groups is 1. The van der Waals surface area contributed by atoms with Crippen molar-refractivity contribution in [1.29, 1.82) is 0 Å². The van der Waals surface area contributed by atoms with Crippen LogP contribution in [0.2, 0.25) is 0 Å². The van der Waals surface area contributed by atoms with Crippen LogP contribution in [-0.2, 0) is 0 Å². The minimum Gasteiger partial charge on any atom is -0.294 e. The van der Waals surface area contributed by atoms with Crippen LogP contribution >= 0.6 is 15.9 Å². The average molecular weight is 355 g/mol. The maximum absolute atomic E-state index is 12.5. The molecule has 1 nitrogen and oxygen atoms in total. The van der Waals surface area contributed by atoms with E-state index in [0.29, 0.717) is 18.3 Å². The summed E-state index contributed by atoms with van der Waals surface area (Å²) >= 11 is 3.43. The summed E-state index contributed by atoms with van der Waals surface area (Å²) < 4.78 is 0.958. The molecular weight excluding hydrogens is 336 g/mol. The third kappa shape index (κ3) is 3.75. The molecule has 2 aromatic carbocycles. The Bertz CT molecular complexity index is 675. The number of rotatable bonds is 4. The highest BCUT2D eigenvalue weighted by Crippen LogP contribution is 2.34. The summed E-state index contributed by atoms with van der Waals surface area (Å²) in [5, 5.41) is 0. The molecule has 0 N–H and O–H groups in total. The fourth-order valence-corrected chi connectivity index (χ4v) is 3.54. The summed E-state index contributed by atoms with van der Waals surface area (Å²) in [6, 6.07) is 18.3. The smallest absolute Gasteiger partial charge is 0.163 e. The van der Waals surface area contributed by atoms with Crippen LogP contribution in [0, 0.1) is 5.92 Å². The van der Waals surface area contributed by atoms with Crippen LogP contribution in [0.1, 0.15) is 41.1 Å². The lowest BCUT2D eigenvalue weighted by atomic mass is 9.80. The van der Waals surface area contributed by atoms with E-state index in [-0.39, 0.29) is 5.78 Å². The van der Waals surface area contributed by atoms with Gasteiger partial charge >= 0.3 is 0 Å². The molecule has 22 heavy (non-hydrogen) atoms. The van der Waals surface area contributed by atoms with E-state index in [0.717, 1.165) is 22.9 Å². The van der Waals surface area contributed by atoms with Gasteiger partial charge in [0.1, 0.15) is 0 Å². The Morgan fingerprint density at radius 3 is 2.68 bits per heavy atom. The van der Waals surface area contributed by atoms with Gasteiger partial charge in [0.2, 0.25) is 0 Å². The minimum absolute atomic E-state index is 0.227. The SMILES string of the molecule is O=C(CC1C=CC[C@@H](c2ccccc2)C1)c1cccc(Br)c1. The highest BCUT2D eigenvalue weighted by atomic mass is 79.9. The lowest BCUT2D eigenvalue weighted by Gasteiger charge is -2.24. The topological polar surface area (TPSA) is 17.1 Å². The molecule has 0 aromatic heterocycles. The standard InChI is InChI=1S/C20H19BrO/c21-19-11-5-10-18(14-19)20(22)13-15-6-4-9-17(12-15)16-7-2-1-3-8-16/h1-8,10-11,14-15,17H,9,12-13H2/t15?,17-/m1/s1. The lowest BCUT2D eigenvalue weighted by molar-refractivity contribution is 0.0965. The monoisotopic (exact) mass is 354 g/mol. The van der Waals surface area contributed by atoms with Gasteiger partial charge in [-0.3, -0.25) is 4.79 Å². The Kier molecular flexibility index (Phi) is 4.89. The molecule has 0 heterocycles. The van der Waals surface area contributed by atoms with Crippen LogP contribution in [0.5, 0.6) is 0 Å². The maximum Gasteiger partial charge on any atom is 0.163 e. The van der Waals surface area contributed by atoms with Gasteiger partial charge in [-0.25, -0.2) is 0 Å². The molecule has 0 aliphatic heterocycles. The summed E-state index contributed by atoms with van der Waals surface area (Å²) in [7, 11) is 0. The van der Waals surface area contributed by atoms with E-state index in [1.807, 2.05) is 24.3 Å². The molecule has 0 radical (unpaired) electrons. The van der Waals surface area contributed by atoms with Crippen molar-refractivity contribution in [2.45, 2.75) is 25.2 Å². The van der Waals surface area contributed by atoms with E-state index in [9.17, 15) is 4.79 Å². The molecule has 0 saturated carbocycles. The van der Waals surface area contributed by atoms with Crippen molar-refractivity contribution in [2.24, 2.45) is 5.92 Å². The Morgan fingerprint density at radius 1 is 1.09 bits per heavy atom. The maximum atomic E-state index is 12.5. The van der Waals surface area contributed by atoms with Crippen LogP contribution in [0.4, 0.5) is 0 Å². The highest BCUT2D eigenvalue weighted by Gasteiger charge is 2.22. The molecule has 2 aromatic rings. The zero-order valence-corrected chi connectivity index (χ0v) is 14.0. The number of allylic oxidation sites excluding steroid dienone is 2. The van der Waals surface area contributed by atoms with Crippen LogP contribution in [0.25, 0.3) is 0 Å². The number of carbonyl (C=O) groups excluding carboxylic acids is 1. The molecule has 0 spiro atoms. The van der Waals surface area contributed by atoms with Crippen LogP contribution in [0.3, 0.4) is 0 Å². The first-order chi connectivity index (χ1) is 10.7. The van der Waals surface area contributed by atoms with Crippen LogP contribution < -0.4 is 0 Å². The third-order valence-corrected chi connectivity index (χ3v) is 4.77. The number of halogens is 1. The Labute approximate surface area is 140 Å². The zero-order valence-electron chi connectivity index (χ0n) is 12.4. The molecule has 3 rings (SSSR count). The normalized spacial score (nSPS) is 20.8. The molecule has 0 saturated heterocycles. The van der Waals surface area contributed by atoms with Gasteiger partial charge in [-0.05, 0) is 42.4 Å². The van der Waals surface area contributed by atoms with Crippen molar-refractivity contribution < 1.29 is 4.79 Å². The second-order valence-corrected chi connectivity index (χ2v) is 6.82. The van der Waals surface area contributed by atoms with E-state index in [1.165, 1.54) is 5.56 Å². The fourth-order valence-electron chi connectivity index (χ4n) is 3.14. The quantitative estimate of drug-likeness (QED) is 0.502. The lowest BCUT2D eigenvalue weighted by Crippen LogP contribution is -2.14. The number of ketones is 1. The second-order valence-electron chi connectivity index (χ2n) is 5.90. The van der Waals surface area contributed by atoms with Gasteiger partial charge in [-0.2, -0.15) is 0 Å². The van der Waals surface area contributed by atoms with Crippen molar-refractivity contribution in [1.82, 2.24) is 0 Å². The summed E-state index contributed by atoms with van der Waals surface area (Å²) in [6.45, 7) is 0. The van der Waals surface area contributed by atoms with Gasteiger partial charge in [0.15, 0.2) is 5.78 Å². The molecule has 1 unspecified atom stereocenters. The van der Waals surface area contributed by atoms with E-state index in [2.05, 4.69) is 58.4 Å². The predicted molar refractivity (Wildman–Crippen MR) is 94.1 cm³/mol. The number of benzene rings is 2. The van der Waals surface area contributed by atoms with Gasteiger partial charge in [0.05, 0.1) is 0 Å². The summed E-state index contributed by atoms with van der Waals surface area (Å²) in [5.74, 6) is 1.10. The largest absolute Gasteiger partial charge is 0.294 e. The first-order valence-corrected chi connectivity index (χ1v) is 8.52. The van der Waals surface area contributed by atoms with Gasteiger partial charge in [0.25, 0.3) is 0 Å². The molecule has 112 valence electrons. The summed E-state index contributed by atoms with van der Waals surface area (Å²) in [5.41, 5.74) is 2.18. The number of Topliss-reactive ketones (excluding diaryl/α,β-unsaturated/α-hetero) is 1. The van der Waals surface area contributed by atoms with Crippen LogP contribution in [-0.4, -0.2) is 5.78 Å². The highest BCUT2D eigenvalue weighted by molar-refractivity contribution is 9.10. The number of hydrogen-bond donors (Lipinski definition) is 0. The van der Waals surface area contributed by atoms with Crippen molar-refractivity contribution in [3.8, 4) is 0 Å². The predicted octanol–water partition coefficient (Wildman–Crippen LogP) is 5.77. The van der Waals surface area contributed by atoms with Crippen molar-refractivity contribution >= 4 is 21.7 Å². The average Bonchev–Trinajstić information content (AvgIpc) is 2.56. The Balaban J connectivity index is 1.67. The molecule has 1 aliphatic rings. The molecule has 0 bridgehead atoms. The van der Waals surface area contributed by atoms with E-state index in [1.54, 1.807) is 0 Å². The molecule has 0 amide bonds. The second kappa shape index (κ2) is 7.06. The van der Waals surface area contributed by atoms with Gasteiger partial charge < -0.3 is 0 Å². The van der Waals surface area contributed by atoms with Crippen LogP contribution in [0.15, 0.2) is 71.2 Å². The van der Waals surface area contributed by atoms with Gasteiger partial charge in [0, 0.05) is 16.5 Å². The van der Waals surface area contributed by atoms with Gasteiger partial charge in [-0.15, -0.1) is 0 Å². The fraction of sp³-hybridized carbons (Fsp3) is 0.250. The summed E-state index contributed by atoms with van der Waals surface area (Å²) in [6.07, 6.45) is 7.18. The van der Waals surface area contributed by atoms with Crippen molar-refractivity contribution in [2.75, 3.05) is 0 Å². The third-order valence-electron chi connectivity index (χ3n) is 4.28. The molecular formula is C20H19BrO. The van der Waals surface area contributed by atoms with E-state index in [4.69, 9.17) is 0 Å². The molecule has 2 atom stereocenters. The first kappa shape index (κ1) is 15.2. The van der Waals surface area contributed by atoms with E-state index < -0.39 is 0 Å². The minimum atomic E-state index is 0.227. The Hall–Kier alpha value is -1.67. The van der Waals surface area contributed by atoms with Crippen molar-refractivity contribution in [3.63, 3.8) is 0 Å². The Morgan fingerprint density at radius 2 is 1.91 bits per heavy atom. The zero-order chi connectivity index (χ0) is 15.4. The number of hydrogen-bond acceptors (Lipinski definition) is 1.